The highest BCUT2D eigenvalue weighted by Crippen LogP contribution is 2.42. The first-order chi connectivity index (χ1) is 20.5. The van der Waals surface area contributed by atoms with Crippen molar-refractivity contribution in [1.82, 2.24) is 4.98 Å². The molecule has 0 fully saturated rings. The van der Waals surface area contributed by atoms with Gasteiger partial charge in [-0.2, -0.15) is 0 Å². The van der Waals surface area contributed by atoms with E-state index in [1.54, 1.807) is 38.5 Å². The average Bonchev–Trinajstić information content (AvgIpc) is 3.38. The number of hydrogen-bond donors (Lipinski definition) is 2. The van der Waals surface area contributed by atoms with Gasteiger partial charge in [-0.05, 0) is 90.0 Å². The summed E-state index contributed by atoms with van der Waals surface area (Å²) in [5.74, 6) is 2.60. The number of benzene rings is 4. The van der Waals surface area contributed by atoms with Gasteiger partial charge in [-0.15, -0.1) is 11.3 Å². The zero-order valence-electron chi connectivity index (χ0n) is 23.0. The van der Waals surface area contributed by atoms with E-state index in [1.165, 1.54) is 11.3 Å². The van der Waals surface area contributed by atoms with E-state index in [9.17, 15) is 4.79 Å². The van der Waals surface area contributed by atoms with E-state index in [4.69, 9.17) is 24.9 Å². The maximum absolute atomic E-state index is 13.5. The number of methoxy groups -OCH3 is 2. The highest BCUT2D eigenvalue weighted by molar-refractivity contribution is 7.21. The molecular weight excluding hydrogens is 546 g/mol. The van der Waals surface area contributed by atoms with Crippen LogP contribution in [0.2, 0.25) is 0 Å². The maximum atomic E-state index is 13.5. The van der Waals surface area contributed by atoms with Crippen molar-refractivity contribution >= 4 is 38.8 Å². The lowest BCUT2D eigenvalue weighted by Crippen LogP contribution is -2.11. The van der Waals surface area contributed by atoms with Crippen LogP contribution in [-0.2, 0) is 0 Å². The average molecular weight is 574 g/mol. The van der Waals surface area contributed by atoms with E-state index < -0.39 is 0 Å². The Kier molecular flexibility index (Phi) is 7.45. The van der Waals surface area contributed by atoms with E-state index in [-0.39, 0.29) is 5.91 Å². The lowest BCUT2D eigenvalue weighted by atomic mass is 9.99. The number of carbonyl (C=O) groups excluding carboxylic acids is 1. The van der Waals surface area contributed by atoms with Gasteiger partial charge in [0.15, 0.2) is 0 Å². The van der Waals surface area contributed by atoms with Gasteiger partial charge in [0.2, 0.25) is 0 Å². The second-order valence-corrected chi connectivity index (χ2v) is 10.4. The fourth-order valence-electron chi connectivity index (χ4n) is 4.62. The molecule has 0 aliphatic heterocycles. The van der Waals surface area contributed by atoms with E-state index >= 15 is 0 Å². The van der Waals surface area contributed by atoms with E-state index in [0.717, 1.165) is 45.0 Å². The number of amides is 1. The van der Waals surface area contributed by atoms with Gasteiger partial charge in [0.25, 0.3) is 5.91 Å². The summed E-state index contributed by atoms with van der Waals surface area (Å²) in [5.41, 5.74) is 11.2. The Morgan fingerprint density at radius 1 is 0.738 bits per heavy atom. The summed E-state index contributed by atoms with van der Waals surface area (Å²) in [6, 6.07) is 34.2. The number of ether oxygens (including phenoxy) is 3. The zero-order chi connectivity index (χ0) is 29.1. The Hall–Kier alpha value is -5.34. The largest absolute Gasteiger partial charge is 0.497 e. The van der Waals surface area contributed by atoms with Gasteiger partial charge < -0.3 is 25.3 Å². The number of pyridine rings is 1. The molecule has 0 saturated carbocycles. The number of nitrogens with one attached hydrogen (secondary N) is 1. The number of anilines is 2. The first-order valence-corrected chi connectivity index (χ1v) is 14.0. The Morgan fingerprint density at radius 2 is 1.31 bits per heavy atom. The number of rotatable bonds is 8. The van der Waals surface area contributed by atoms with Crippen molar-refractivity contribution in [3.05, 3.63) is 114 Å². The first-order valence-electron chi connectivity index (χ1n) is 13.2. The molecule has 208 valence electrons. The summed E-state index contributed by atoms with van der Waals surface area (Å²) in [4.78, 5) is 19.4. The molecule has 0 bridgehead atoms. The van der Waals surface area contributed by atoms with Crippen molar-refractivity contribution in [3.63, 3.8) is 0 Å². The third kappa shape index (κ3) is 5.48. The second kappa shape index (κ2) is 11.6. The van der Waals surface area contributed by atoms with Crippen LogP contribution in [0.4, 0.5) is 11.4 Å². The molecule has 0 saturated heterocycles. The van der Waals surface area contributed by atoms with Gasteiger partial charge >= 0.3 is 0 Å². The number of aromatic nitrogens is 1. The van der Waals surface area contributed by atoms with Gasteiger partial charge in [0, 0.05) is 16.6 Å². The van der Waals surface area contributed by atoms with Crippen molar-refractivity contribution in [3.8, 4) is 45.4 Å². The molecule has 0 aliphatic rings. The molecule has 4 aromatic carbocycles. The Bertz CT molecular complexity index is 1850. The number of nitrogens with zero attached hydrogens (tertiary/aromatic N) is 1. The van der Waals surface area contributed by atoms with E-state index in [0.29, 0.717) is 26.8 Å². The summed E-state index contributed by atoms with van der Waals surface area (Å²) in [5, 5.41) is 3.70. The Labute approximate surface area is 247 Å². The molecule has 42 heavy (non-hydrogen) atoms. The van der Waals surface area contributed by atoms with Crippen molar-refractivity contribution in [2.45, 2.75) is 0 Å². The quantitative estimate of drug-likeness (QED) is 0.190. The number of nitrogens with two attached hydrogens (primary N) is 1. The van der Waals surface area contributed by atoms with Crippen LogP contribution in [0.25, 0.3) is 32.6 Å². The van der Waals surface area contributed by atoms with Crippen LogP contribution in [0.5, 0.6) is 23.0 Å². The lowest BCUT2D eigenvalue weighted by molar-refractivity contribution is 0.103. The van der Waals surface area contributed by atoms with Crippen molar-refractivity contribution in [2.24, 2.45) is 0 Å². The first kappa shape index (κ1) is 26.9. The number of nitrogen functional groups attached to an aromatic ring is 1. The molecule has 0 aliphatic carbocycles. The highest BCUT2D eigenvalue weighted by atomic mass is 32.1. The predicted octanol–water partition coefficient (Wildman–Crippen LogP) is 8.27. The summed E-state index contributed by atoms with van der Waals surface area (Å²) in [7, 11) is 3.27. The fourth-order valence-corrected chi connectivity index (χ4v) is 5.63. The standard InChI is InChI=1S/C34H27N3O4S/c1-39-24-14-8-21(9-15-24)28-20-29(22-10-16-25(40-2)17-11-22)37-34-30(28)31(35)32(42-34)33(38)36-23-12-18-27(19-13-23)41-26-6-4-3-5-7-26/h3-20H,35H2,1-2H3,(H,36,38). The van der Waals surface area contributed by atoms with Crippen LogP contribution in [0, 0.1) is 0 Å². The smallest absolute Gasteiger partial charge is 0.267 e. The third-order valence-corrected chi connectivity index (χ3v) is 7.88. The van der Waals surface area contributed by atoms with Crippen molar-refractivity contribution in [1.29, 1.82) is 0 Å². The molecule has 8 heteroatoms. The fraction of sp³-hybridized carbons (Fsp3) is 0.0588. The van der Waals surface area contributed by atoms with Crippen molar-refractivity contribution < 1.29 is 19.0 Å². The SMILES string of the molecule is COc1ccc(-c2cc(-c3ccc(OC)cc3)c3c(N)c(C(=O)Nc4ccc(Oc5ccccc5)cc4)sc3n2)cc1. The zero-order valence-corrected chi connectivity index (χ0v) is 23.8. The summed E-state index contributed by atoms with van der Waals surface area (Å²) >= 11 is 1.27. The highest BCUT2D eigenvalue weighted by Gasteiger charge is 2.22. The Balaban J connectivity index is 1.35. The molecule has 2 heterocycles. The molecule has 3 N–H and O–H groups in total. The van der Waals surface area contributed by atoms with Gasteiger partial charge in [-0.25, -0.2) is 4.98 Å². The van der Waals surface area contributed by atoms with Crippen LogP contribution in [0.3, 0.4) is 0 Å². The van der Waals surface area contributed by atoms with Crippen molar-refractivity contribution in [2.75, 3.05) is 25.3 Å². The molecule has 1 amide bonds. The van der Waals surface area contributed by atoms with E-state index in [2.05, 4.69) is 5.32 Å². The second-order valence-electron chi connectivity index (χ2n) is 9.43. The predicted molar refractivity (Wildman–Crippen MR) is 169 cm³/mol. The molecule has 7 nitrogen and oxygen atoms in total. The summed E-state index contributed by atoms with van der Waals surface area (Å²) in [6.07, 6.45) is 0. The minimum Gasteiger partial charge on any atom is -0.497 e. The van der Waals surface area contributed by atoms with Crippen LogP contribution >= 0.6 is 11.3 Å². The Morgan fingerprint density at radius 3 is 1.93 bits per heavy atom. The lowest BCUT2D eigenvalue weighted by Gasteiger charge is -2.10. The van der Waals surface area contributed by atoms with Gasteiger partial charge in [0.1, 0.15) is 32.7 Å². The van der Waals surface area contributed by atoms with Gasteiger partial charge in [0.05, 0.1) is 25.6 Å². The minimum absolute atomic E-state index is 0.307. The summed E-state index contributed by atoms with van der Waals surface area (Å²) in [6.45, 7) is 0. The maximum Gasteiger partial charge on any atom is 0.267 e. The molecule has 0 atom stereocenters. The third-order valence-electron chi connectivity index (χ3n) is 6.78. The monoisotopic (exact) mass is 573 g/mol. The number of fused-ring (bicyclic) bond motifs is 1. The number of hydrogen-bond acceptors (Lipinski definition) is 7. The molecule has 0 unspecified atom stereocenters. The van der Waals surface area contributed by atoms with Crippen LogP contribution in [0.1, 0.15) is 9.67 Å². The molecular formula is C34H27N3O4S. The van der Waals surface area contributed by atoms with Gasteiger partial charge in [-0.3, -0.25) is 4.79 Å². The van der Waals surface area contributed by atoms with Crippen LogP contribution < -0.4 is 25.3 Å². The van der Waals surface area contributed by atoms with Crippen LogP contribution in [-0.4, -0.2) is 25.1 Å². The summed E-state index contributed by atoms with van der Waals surface area (Å²) < 4.78 is 16.5. The molecule has 0 radical (unpaired) electrons. The minimum atomic E-state index is -0.307. The molecule has 2 aromatic heterocycles. The van der Waals surface area contributed by atoms with E-state index in [1.807, 2.05) is 84.9 Å². The van der Waals surface area contributed by atoms with Crippen LogP contribution in [0.15, 0.2) is 109 Å². The number of carbonyl (C=O) groups is 1. The topological polar surface area (TPSA) is 95.7 Å². The molecule has 6 aromatic rings. The van der Waals surface area contributed by atoms with Gasteiger partial charge in [-0.1, -0.05) is 30.3 Å². The molecule has 0 spiro atoms. The number of para-hydroxylation sites is 1. The number of thiophene rings is 1. The molecule has 6 rings (SSSR count). The normalized spacial score (nSPS) is 10.8.